The maximum absolute atomic E-state index is 12.0. The smallest absolute Gasteiger partial charge is 0.337 e. The molecule has 0 aromatic heterocycles. The number of ether oxygens (including phenoxy) is 1. The number of benzene rings is 1. The van der Waals surface area contributed by atoms with Crippen molar-refractivity contribution in [3.8, 4) is 5.75 Å². The van der Waals surface area contributed by atoms with Crippen LogP contribution in [0.15, 0.2) is 40.2 Å². The number of hydrogen-bond donors (Lipinski definition) is 3. The lowest BCUT2D eigenvalue weighted by Gasteiger charge is -2.37. The van der Waals surface area contributed by atoms with Gasteiger partial charge in [0, 0.05) is 16.7 Å². The highest BCUT2D eigenvalue weighted by atomic mass is 35.5. The molecule has 0 bridgehead atoms. The van der Waals surface area contributed by atoms with Crippen LogP contribution in [0.1, 0.15) is 15.9 Å². The number of methoxy groups -OCH3 is 1. The molecule has 0 radical (unpaired) electrons. The van der Waals surface area contributed by atoms with Crippen molar-refractivity contribution in [2.75, 3.05) is 12.0 Å². The lowest BCUT2D eigenvalue weighted by Crippen LogP contribution is -2.45. The summed E-state index contributed by atoms with van der Waals surface area (Å²) < 4.78 is 5.30. The number of carboxylic acids is 1. The number of anilines is 1. The molecule has 1 aromatic carbocycles. The van der Waals surface area contributed by atoms with Crippen molar-refractivity contribution in [2.24, 2.45) is 16.5 Å². The molecule has 146 valence electrons. The number of nitrogens with two attached hydrogens (primary N) is 2. The van der Waals surface area contributed by atoms with Crippen LogP contribution >= 0.6 is 23.2 Å². The largest absolute Gasteiger partial charge is 0.495 e. The summed E-state index contributed by atoms with van der Waals surface area (Å²) in [5.74, 6) is -1.59. The van der Waals surface area contributed by atoms with E-state index in [0.29, 0.717) is 5.57 Å². The Morgan fingerprint density at radius 3 is 2.57 bits per heavy atom. The number of aromatic carboxylic acids is 1. The minimum Gasteiger partial charge on any atom is -0.495 e. The van der Waals surface area contributed by atoms with Gasteiger partial charge in [0.05, 0.1) is 35.8 Å². The van der Waals surface area contributed by atoms with Gasteiger partial charge >= 0.3 is 5.97 Å². The Labute approximate surface area is 170 Å². The standard InChI is InChI=1S/C18H16Cl2N4O4/c1-7-10(18(26)27)11(19)14(12(20)15(7)28-2)24-6-23-16(21)8-4-3-5-9(13(8)24)17(22)25/h3-6,13H,21H2,1-2H3,(H2,22,25)(H,26,27). The van der Waals surface area contributed by atoms with Crippen molar-refractivity contribution in [3.05, 3.63) is 56.4 Å². The van der Waals surface area contributed by atoms with E-state index < -0.39 is 17.9 Å². The fraction of sp³-hybridized carbons (Fsp3) is 0.167. The molecule has 1 heterocycles. The molecule has 1 unspecified atom stereocenters. The molecule has 0 spiro atoms. The van der Waals surface area contributed by atoms with Gasteiger partial charge in [0.25, 0.3) is 0 Å². The summed E-state index contributed by atoms with van der Waals surface area (Å²) in [5.41, 5.74) is 12.4. The van der Waals surface area contributed by atoms with E-state index in [0.717, 1.165) is 0 Å². The number of carbonyl (C=O) groups excluding carboxylic acids is 1. The minimum atomic E-state index is -1.25. The number of nitrogens with zero attached hydrogens (tertiary/aromatic N) is 2. The number of aliphatic imine (C=N–C) groups is 1. The Hall–Kier alpha value is -2.97. The van der Waals surface area contributed by atoms with Crippen LogP contribution in [0.5, 0.6) is 5.75 Å². The van der Waals surface area contributed by atoms with Crippen LogP contribution < -0.4 is 21.1 Å². The van der Waals surface area contributed by atoms with Gasteiger partial charge < -0.3 is 26.2 Å². The van der Waals surface area contributed by atoms with Crippen LogP contribution in [0.3, 0.4) is 0 Å². The lowest BCUT2D eigenvalue weighted by atomic mass is 9.90. The lowest BCUT2D eigenvalue weighted by molar-refractivity contribution is -0.114. The van der Waals surface area contributed by atoms with Gasteiger partial charge in [-0.15, -0.1) is 0 Å². The Morgan fingerprint density at radius 1 is 1.32 bits per heavy atom. The maximum atomic E-state index is 12.0. The molecular weight excluding hydrogens is 407 g/mol. The number of carbonyl (C=O) groups is 2. The van der Waals surface area contributed by atoms with Crippen molar-refractivity contribution in [2.45, 2.75) is 13.0 Å². The van der Waals surface area contributed by atoms with Crippen LogP contribution in [-0.4, -0.2) is 36.5 Å². The zero-order chi connectivity index (χ0) is 20.7. The SMILES string of the molecule is COc1c(C)c(C(=O)O)c(Cl)c(N2C=NC(N)=C3C=CC=C(C(N)=O)C32)c1Cl. The molecular formula is C18H16Cl2N4O4. The van der Waals surface area contributed by atoms with E-state index in [1.807, 2.05) is 0 Å². The summed E-state index contributed by atoms with van der Waals surface area (Å²) in [6.07, 6.45) is 6.18. The van der Waals surface area contributed by atoms with Gasteiger partial charge in [-0.2, -0.15) is 0 Å². The van der Waals surface area contributed by atoms with E-state index in [2.05, 4.69) is 4.99 Å². The number of halogens is 2. The van der Waals surface area contributed by atoms with Gasteiger partial charge in [0.15, 0.2) is 0 Å². The van der Waals surface area contributed by atoms with Crippen LogP contribution in [-0.2, 0) is 4.79 Å². The molecule has 0 fully saturated rings. The first-order valence-electron chi connectivity index (χ1n) is 7.99. The first kappa shape index (κ1) is 19.8. The molecule has 2 aliphatic rings. The third-order valence-electron chi connectivity index (χ3n) is 4.55. The third kappa shape index (κ3) is 2.90. The summed E-state index contributed by atoms with van der Waals surface area (Å²) in [4.78, 5) is 29.4. The fourth-order valence-electron chi connectivity index (χ4n) is 3.29. The van der Waals surface area contributed by atoms with Crippen LogP contribution in [0.25, 0.3) is 0 Å². The summed E-state index contributed by atoms with van der Waals surface area (Å²) in [6, 6.07) is -0.774. The van der Waals surface area contributed by atoms with Gasteiger partial charge in [-0.1, -0.05) is 41.4 Å². The number of hydrogen-bond acceptors (Lipinski definition) is 6. The molecule has 3 rings (SSSR count). The van der Waals surface area contributed by atoms with E-state index >= 15 is 0 Å². The molecule has 28 heavy (non-hydrogen) atoms. The van der Waals surface area contributed by atoms with Gasteiger partial charge in [-0.05, 0) is 6.92 Å². The average molecular weight is 423 g/mol. The Kier molecular flexibility index (Phi) is 5.10. The fourth-order valence-corrected chi connectivity index (χ4v) is 4.16. The minimum absolute atomic E-state index is 0.0691. The summed E-state index contributed by atoms with van der Waals surface area (Å²) in [7, 11) is 1.36. The molecule has 5 N–H and O–H groups in total. The molecule has 0 saturated carbocycles. The average Bonchev–Trinajstić information content (AvgIpc) is 2.63. The van der Waals surface area contributed by atoms with Crippen molar-refractivity contribution < 1.29 is 19.4 Å². The van der Waals surface area contributed by atoms with Crippen molar-refractivity contribution in [1.82, 2.24) is 0 Å². The maximum Gasteiger partial charge on any atom is 0.337 e. The first-order valence-corrected chi connectivity index (χ1v) is 8.75. The van der Waals surface area contributed by atoms with E-state index in [1.54, 1.807) is 18.2 Å². The normalized spacial score (nSPS) is 18.1. The predicted molar refractivity (Wildman–Crippen MR) is 107 cm³/mol. The van der Waals surface area contributed by atoms with Crippen molar-refractivity contribution >= 4 is 47.1 Å². The number of amides is 1. The van der Waals surface area contributed by atoms with E-state index in [1.165, 1.54) is 25.3 Å². The second-order valence-corrected chi connectivity index (χ2v) is 6.81. The Balaban J connectivity index is 2.32. The summed E-state index contributed by atoms with van der Waals surface area (Å²) >= 11 is 13.0. The molecule has 1 aliphatic carbocycles. The van der Waals surface area contributed by atoms with Gasteiger partial charge in [0.2, 0.25) is 5.91 Å². The number of rotatable bonds is 4. The summed E-state index contributed by atoms with van der Waals surface area (Å²) in [5, 5.41) is 9.58. The highest BCUT2D eigenvalue weighted by Gasteiger charge is 2.37. The molecule has 1 aromatic rings. The number of primary amides is 1. The quantitative estimate of drug-likeness (QED) is 0.682. The van der Waals surface area contributed by atoms with Crippen molar-refractivity contribution in [1.29, 1.82) is 0 Å². The number of allylic oxidation sites excluding steroid dienone is 2. The zero-order valence-corrected chi connectivity index (χ0v) is 16.4. The molecule has 1 aliphatic heterocycles. The molecule has 1 amide bonds. The van der Waals surface area contributed by atoms with Crippen molar-refractivity contribution in [3.63, 3.8) is 0 Å². The predicted octanol–water partition coefficient (Wildman–Crippen LogP) is 2.38. The zero-order valence-electron chi connectivity index (χ0n) is 14.9. The van der Waals surface area contributed by atoms with Gasteiger partial charge in [-0.25, -0.2) is 9.79 Å². The number of carboxylic acid groups (broad SMARTS) is 1. The first-order chi connectivity index (χ1) is 13.2. The highest BCUT2D eigenvalue weighted by molar-refractivity contribution is 6.42. The molecule has 1 atom stereocenters. The topological polar surface area (TPSA) is 131 Å². The molecule has 10 heteroatoms. The van der Waals surface area contributed by atoms with Gasteiger partial charge in [0.1, 0.15) is 16.6 Å². The Morgan fingerprint density at radius 2 is 2.00 bits per heavy atom. The second kappa shape index (κ2) is 7.21. The van der Waals surface area contributed by atoms with E-state index in [9.17, 15) is 14.7 Å². The summed E-state index contributed by atoms with van der Waals surface area (Å²) in [6.45, 7) is 1.54. The van der Waals surface area contributed by atoms with Crippen LogP contribution in [0.4, 0.5) is 5.69 Å². The molecule has 0 saturated heterocycles. The number of fused-ring (bicyclic) bond motifs is 1. The van der Waals surface area contributed by atoms with Gasteiger partial charge in [-0.3, -0.25) is 4.79 Å². The molecule has 8 nitrogen and oxygen atoms in total. The van der Waals surface area contributed by atoms with E-state index in [-0.39, 0.29) is 44.0 Å². The van der Waals surface area contributed by atoms with Crippen LogP contribution in [0, 0.1) is 6.92 Å². The third-order valence-corrected chi connectivity index (χ3v) is 5.27. The Bertz CT molecular complexity index is 1030. The monoisotopic (exact) mass is 422 g/mol. The second-order valence-electron chi connectivity index (χ2n) is 6.06. The van der Waals surface area contributed by atoms with Crippen LogP contribution in [0.2, 0.25) is 10.0 Å². The highest BCUT2D eigenvalue weighted by Crippen LogP contribution is 2.47. The van der Waals surface area contributed by atoms with E-state index in [4.69, 9.17) is 39.4 Å².